The van der Waals surface area contributed by atoms with Crippen LogP contribution in [0, 0.1) is 0 Å². The van der Waals surface area contributed by atoms with Crippen LogP contribution >= 0.6 is 12.6 Å². The van der Waals surface area contributed by atoms with Crippen molar-refractivity contribution in [1.29, 1.82) is 0 Å². The summed E-state index contributed by atoms with van der Waals surface area (Å²) in [5, 5.41) is 15.9. The van der Waals surface area contributed by atoms with Crippen molar-refractivity contribution in [2.75, 3.05) is 12.3 Å². The van der Waals surface area contributed by atoms with Gasteiger partial charge in [-0.2, -0.15) is 12.6 Å². The molecule has 4 unspecified atom stereocenters. The number of carboxylic acids is 1. The lowest BCUT2D eigenvalue weighted by Crippen LogP contribution is -2.58. The number of carbonyl (C=O) groups is 4. The minimum atomic E-state index is -1.07. The van der Waals surface area contributed by atoms with Crippen LogP contribution in [0.4, 0.5) is 0 Å². The Balaban J connectivity index is 1.44. The highest BCUT2D eigenvalue weighted by Gasteiger charge is 2.38. The van der Waals surface area contributed by atoms with Crippen LogP contribution in [0.15, 0.2) is 60.8 Å². The smallest absolute Gasteiger partial charge is 0.326 e. The molecule has 206 valence electrons. The van der Waals surface area contributed by atoms with Gasteiger partial charge in [-0.1, -0.05) is 48.5 Å². The van der Waals surface area contributed by atoms with Crippen LogP contribution in [-0.2, 0) is 32.0 Å². The molecule has 0 spiro atoms. The minimum absolute atomic E-state index is 0.0227. The van der Waals surface area contributed by atoms with Gasteiger partial charge in [-0.3, -0.25) is 14.4 Å². The molecule has 0 bridgehead atoms. The van der Waals surface area contributed by atoms with E-state index < -0.39 is 47.9 Å². The minimum Gasteiger partial charge on any atom is -0.480 e. The van der Waals surface area contributed by atoms with Gasteiger partial charge in [0, 0.05) is 35.8 Å². The van der Waals surface area contributed by atoms with Crippen molar-refractivity contribution in [3.63, 3.8) is 0 Å². The molecule has 11 heteroatoms. The van der Waals surface area contributed by atoms with Crippen LogP contribution in [0.3, 0.4) is 0 Å². The van der Waals surface area contributed by atoms with E-state index in [0.29, 0.717) is 19.4 Å². The maximum atomic E-state index is 13.4. The highest BCUT2D eigenvalue weighted by molar-refractivity contribution is 7.80. The number of fused-ring (bicyclic) bond motifs is 1. The average Bonchev–Trinajstić information content (AvgIpc) is 3.59. The van der Waals surface area contributed by atoms with Crippen molar-refractivity contribution < 1.29 is 24.3 Å². The first-order valence-corrected chi connectivity index (χ1v) is 13.5. The fraction of sp³-hybridized carbons (Fsp3) is 0.357. The number of nitrogens with two attached hydrogens (primary N) is 1. The van der Waals surface area contributed by atoms with Crippen molar-refractivity contribution in [1.82, 2.24) is 20.5 Å². The van der Waals surface area contributed by atoms with E-state index in [2.05, 4.69) is 28.2 Å². The lowest BCUT2D eigenvalue weighted by Gasteiger charge is -2.29. The fourth-order valence-electron chi connectivity index (χ4n) is 4.91. The summed E-state index contributed by atoms with van der Waals surface area (Å²) in [5.41, 5.74) is 8.80. The summed E-state index contributed by atoms with van der Waals surface area (Å²) >= 11 is 4.24. The third-order valence-electron chi connectivity index (χ3n) is 6.99. The molecule has 0 aliphatic carbocycles. The Labute approximate surface area is 231 Å². The first-order chi connectivity index (χ1) is 18.8. The number of carbonyl (C=O) groups excluding carboxylic acids is 3. The van der Waals surface area contributed by atoms with Gasteiger partial charge in [-0.15, -0.1) is 0 Å². The number of hydrogen-bond acceptors (Lipinski definition) is 6. The third kappa shape index (κ3) is 6.79. The largest absolute Gasteiger partial charge is 0.480 e. The summed E-state index contributed by atoms with van der Waals surface area (Å²) in [6.45, 7) is 0.298. The van der Waals surface area contributed by atoms with Crippen molar-refractivity contribution in [2.24, 2.45) is 5.73 Å². The molecule has 4 rings (SSSR count). The fourth-order valence-corrected chi connectivity index (χ4v) is 5.17. The molecule has 1 aliphatic rings. The summed E-state index contributed by atoms with van der Waals surface area (Å²) in [5.74, 6) is -2.69. The van der Waals surface area contributed by atoms with Gasteiger partial charge >= 0.3 is 5.97 Å². The number of benzene rings is 2. The second kappa shape index (κ2) is 12.8. The predicted octanol–water partition coefficient (Wildman–Crippen LogP) is 1.26. The lowest BCUT2D eigenvalue weighted by atomic mass is 10.0. The molecule has 1 aromatic heterocycles. The number of para-hydroxylation sites is 1. The van der Waals surface area contributed by atoms with Crippen LogP contribution in [0.25, 0.3) is 10.9 Å². The van der Waals surface area contributed by atoms with E-state index in [1.807, 2.05) is 60.8 Å². The van der Waals surface area contributed by atoms with Crippen molar-refractivity contribution in [3.8, 4) is 0 Å². The zero-order valence-corrected chi connectivity index (χ0v) is 22.3. The Morgan fingerprint density at radius 2 is 1.69 bits per heavy atom. The van der Waals surface area contributed by atoms with Crippen molar-refractivity contribution in [3.05, 3.63) is 71.9 Å². The first-order valence-electron chi connectivity index (χ1n) is 12.9. The van der Waals surface area contributed by atoms with E-state index >= 15 is 0 Å². The number of aromatic nitrogens is 1. The topological polar surface area (TPSA) is 158 Å². The van der Waals surface area contributed by atoms with Gasteiger partial charge in [-0.25, -0.2) is 4.79 Å². The highest BCUT2D eigenvalue weighted by atomic mass is 32.1. The highest BCUT2D eigenvalue weighted by Crippen LogP contribution is 2.20. The maximum Gasteiger partial charge on any atom is 0.326 e. The Morgan fingerprint density at radius 3 is 2.41 bits per heavy atom. The van der Waals surface area contributed by atoms with Crippen LogP contribution in [0.1, 0.15) is 24.0 Å². The number of thiol groups is 1. The van der Waals surface area contributed by atoms with Gasteiger partial charge in [0.15, 0.2) is 0 Å². The van der Waals surface area contributed by atoms with Gasteiger partial charge in [0.1, 0.15) is 18.1 Å². The summed E-state index contributed by atoms with van der Waals surface area (Å²) in [7, 11) is 0. The summed E-state index contributed by atoms with van der Waals surface area (Å²) in [6.07, 6.45) is 3.16. The van der Waals surface area contributed by atoms with E-state index in [1.165, 1.54) is 4.90 Å². The van der Waals surface area contributed by atoms with Crippen molar-refractivity contribution in [2.45, 2.75) is 49.9 Å². The Hall–Kier alpha value is -3.83. The molecule has 10 nitrogen and oxygen atoms in total. The molecule has 2 aromatic carbocycles. The maximum absolute atomic E-state index is 13.4. The molecule has 0 radical (unpaired) electrons. The Morgan fingerprint density at radius 1 is 1.00 bits per heavy atom. The number of aromatic amines is 1. The summed E-state index contributed by atoms with van der Waals surface area (Å²) < 4.78 is 0. The van der Waals surface area contributed by atoms with E-state index in [-0.39, 0.29) is 18.6 Å². The van der Waals surface area contributed by atoms with E-state index in [1.54, 1.807) is 0 Å². The number of rotatable bonds is 11. The van der Waals surface area contributed by atoms with Gasteiger partial charge < -0.3 is 31.4 Å². The van der Waals surface area contributed by atoms with Gasteiger partial charge in [0.25, 0.3) is 0 Å². The number of amides is 3. The number of aliphatic carboxylic acids is 1. The van der Waals surface area contributed by atoms with Crippen LogP contribution in [0.2, 0.25) is 0 Å². The second-order valence-electron chi connectivity index (χ2n) is 9.69. The predicted molar refractivity (Wildman–Crippen MR) is 150 cm³/mol. The second-order valence-corrected chi connectivity index (χ2v) is 10.1. The molecule has 39 heavy (non-hydrogen) atoms. The van der Waals surface area contributed by atoms with Crippen LogP contribution in [0.5, 0.6) is 0 Å². The SMILES string of the molecule is NC(Cc1c[nH]c2ccccc12)C(=O)NC(CS)C(=O)NC(Cc1ccccc1)C(=O)N1CCCC1C(=O)O. The van der Waals surface area contributed by atoms with Gasteiger partial charge in [-0.05, 0) is 36.5 Å². The lowest BCUT2D eigenvalue weighted by molar-refractivity contribution is -0.149. The standard InChI is InChI=1S/C28H33N5O5S/c29-20(14-18-15-30-21-10-5-4-9-19(18)21)25(34)32-23(16-39)26(35)31-22(13-17-7-2-1-3-8-17)27(36)33-12-6-11-24(33)28(37)38/h1-5,7-10,15,20,22-24,30,39H,6,11-14,16,29H2,(H,31,35)(H,32,34)(H,37,38). The summed E-state index contributed by atoms with van der Waals surface area (Å²) in [6, 6.07) is 12.9. The van der Waals surface area contributed by atoms with Gasteiger partial charge in [0.05, 0.1) is 6.04 Å². The molecule has 0 saturated carbocycles. The molecular weight excluding hydrogens is 518 g/mol. The monoisotopic (exact) mass is 551 g/mol. The molecule has 3 aromatic rings. The van der Waals surface area contributed by atoms with Crippen LogP contribution in [-0.4, -0.2) is 75.1 Å². The zero-order valence-electron chi connectivity index (χ0n) is 21.4. The molecule has 2 heterocycles. The Kier molecular flexibility index (Phi) is 9.26. The quantitative estimate of drug-likeness (QED) is 0.197. The number of nitrogens with one attached hydrogen (secondary N) is 3. The molecule has 1 saturated heterocycles. The normalized spacial score (nSPS) is 17.4. The number of hydrogen-bond donors (Lipinski definition) is 6. The average molecular weight is 552 g/mol. The number of H-pyrrole nitrogens is 1. The number of likely N-dealkylation sites (tertiary alicyclic amines) is 1. The molecule has 3 amide bonds. The van der Waals surface area contributed by atoms with E-state index in [0.717, 1.165) is 22.0 Å². The number of carboxylic acid groups (broad SMARTS) is 1. The third-order valence-corrected chi connectivity index (χ3v) is 7.35. The molecule has 6 N–H and O–H groups in total. The van der Waals surface area contributed by atoms with E-state index in [4.69, 9.17) is 5.73 Å². The van der Waals surface area contributed by atoms with Crippen molar-refractivity contribution >= 4 is 47.2 Å². The molecule has 1 aliphatic heterocycles. The van der Waals surface area contributed by atoms with Gasteiger partial charge in [0.2, 0.25) is 17.7 Å². The van der Waals surface area contributed by atoms with E-state index in [9.17, 15) is 24.3 Å². The molecule has 4 atom stereocenters. The first kappa shape index (κ1) is 28.2. The molecular formula is C28H33N5O5S. The number of nitrogens with zero attached hydrogens (tertiary/aromatic N) is 1. The Bertz CT molecular complexity index is 1330. The zero-order chi connectivity index (χ0) is 27.9. The summed E-state index contributed by atoms with van der Waals surface area (Å²) in [4.78, 5) is 55.8. The molecule has 1 fully saturated rings. The van der Waals surface area contributed by atoms with Crippen LogP contribution < -0.4 is 16.4 Å².